The Hall–Kier alpha value is -2.05. The van der Waals surface area contributed by atoms with E-state index in [-0.39, 0.29) is 16.8 Å². The number of benzene rings is 2. The van der Waals surface area contributed by atoms with Crippen molar-refractivity contribution in [3.05, 3.63) is 63.0 Å². The molecule has 116 valence electrons. The molecular weight excluding hydrogens is 376 g/mol. The SMILES string of the molecule is Cc1ccccc1N1C(=N)S/C(=C\c2cc(Br)ccc2O)C1=O. The van der Waals surface area contributed by atoms with E-state index in [0.717, 1.165) is 21.8 Å². The van der Waals surface area contributed by atoms with Gasteiger partial charge in [-0.25, -0.2) is 0 Å². The van der Waals surface area contributed by atoms with Crippen molar-refractivity contribution < 1.29 is 9.90 Å². The fourth-order valence-corrected chi connectivity index (χ4v) is 3.53. The van der Waals surface area contributed by atoms with Crippen molar-refractivity contribution in [2.45, 2.75) is 6.92 Å². The third-order valence-electron chi connectivity index (χ3n) is 3.46. The number of rotatable bonds is 2. The molecule has 1 aliphatic heterocycles. The average Bonchev–Trinajstić information content (AvgIpc) is 2.78. The van der Waals surface area contributed by atoms with Crippen LogP contribution in [0.3, 0.4) is 0 Å². The first-order valence-corrected chi connectivity index (χ1v) is 8.45. The van der Waals surface area contributed by atoms with Gasteiger partial charge in [0.2, 0.25) is 0 Å². The molecule has 1 aliphatic rings. The van der Waals surface area contributed by atoms with Gasteiger partial charge in [-0.05, 0) is 54.6 Å². The van der Waals surface area contributed by atoms with E-state index in [0.29, 0.717) is 16.2 Å². The van der Waals surface area contributed by atoms with Crippen molar-refractivity contribution in [3.63, 3.8) is 0 Å². The van der Waals surface area contributed by atoms with Crippen LogP contribution in [0.2, 0.25) is 0 Å². The summed E-state index contributed by atoms with van der Waals surface area (Å²) in [6, 6.07) is 12.5. The molecule has 2 N–H and O–H groups in total. The Morgan fingerprint density at radius 3 is 2.74 bits per heavy atom. The molecule has 6 heteroatoms. The summed E-state index contributed by atoms with van der Waals surface area (Å²) in [4.78, 5) is 14.5. The van der Waals surface area contributed by atoms with Gasteiger partial charge in [-0.3, -0.25) is 15.1 Å². The summed E-state index contributed by atoms with van der Waals surface area (Å²) in [6.07, 6.45) is 1.61. The number of hydrogen-bond donors (Lipinski definition) is 2. The summed E-state index contributed by atoms with van der Waals surface area (Å²) in [6.45, 7) is 1.91. The third kappa shape index (κ3) is 3.04. The second-order valence-corrected chi connectivity index (χ2v) is 6.99. The smallest absolute Gasteiger partial charge is 0.271 e. The van der Waals surface area contributed by atoms with Crippen molar-refractivity contribution >= 4 is 50.5 Å². The summed E-state index contributed by atoms with van der Waals surface area (Å²) < 4.78 is 0.809. The monoisotopic (exact) mass is 388 g/mol. The minimum absolute atomic E-state index is 0.0926. The highest BCUT2D eigenvalue weighted by Crippen LogP contribution is 2.37. The number of amides is 1. The van der Waals surface area contributed by atoms with Crippen LogP contribution in [0.1, 0.15) is 11.1 Å². The first-order valence-electron chi connectivity index (χ1n) is 6.84. The van der Waals surface area contributed by atoms with Gasteiger partial charge in [0.15, 0.2) is 5.17 Å². The molecule has 1 fully saturated rings. The highest BCUT2D eigenvalue weighted by Gasteiger charge is 2.34. The Morgan fingerprint density at radius 1 is 1.26 bits per heavy atom. The minimum atomic E-state index is -0.256. The number of carbonyl (C=O) groups excluding carboxylic acids is 1. The summed E-state index contributed by atoms with van der Waals surface area (Å²) in [5.74, 6) is -0.163. The fraction of sp³-hybridized carbons (Fsp3) is 0.0588. The molecule has 1 amide bonds. The molecule has 3 rings (SSSR count). The molecule has 4 nitrogen and oxygen atoms in total. The number of amidine groups is 1. The number of phenolic OH excluding ortho intramolecular Hbond substituents is 1. The van der Waals surface area contributed by atoms with Gasteiger partial charge in [0.1, 0.15) is 5.75 Å². The van der Waals surface area contributed by atoms with Crippen LogP contribution in [0.15, 0.2) is 51.8 Å². The molecule has 23 heavy (non-hydrogen) atoms. The fourth-order valence-electron chi connectivity index (χ4n) is 2.30. The number of phenols is 1. The van der Waals surface area contributed by atoms with Crippen LogP contribution in [-0.4, -0.2) is 16.2 Å². The van der Waals surface area contributed by atoms with Gasteiger partial charge in [0.25, 0.3) is 5.91 Å². The maximum atomic E-state index is 12.7. The van der Waals surface area contributed by atoms with Gasteiger partial charge < -0.3 is 5.11 Å². The van der Waals surface area contributed by atoms with E-state index in [1.807, 2.05) is 31.2 Å². The predicted molar refractivity (Wildman–Crippen MR) is 97.8 cm³/mol. The van der Waals surface area contributed by atoms with Crippen LogP contribution in [0.25, 0.3) is 6.08 Å². The lowest BCUT2D eigenvalue weighted by Gasteiger charge is -2.16. The van der Waals surface area contributed by atoms with Crippen molar-refractivity contribution in [1.82, 2.24) is 0 Å². The number of halogens is 1. The molecule has 1 saturated heterocycles. The number of nitrogens with one attached hydrogen (secondary N) is 1. The molecule has 2 aromatic rings. The van der Waals surface area contributed by atoms with E-state index < -0.39 is 0 Å². The van der Waals surface area contributed by atoms with E-state index in [2.05, 4.69) is 15.9 Å². The van der Waals surface area contributed by atoms with Crippen molar-refractivity contribution in [3.8, 4) is 5.75 Å². The maximum absolute atomic E-state index is 12.7. The Kier molecular flexibility index (Phi) is 4.28. The number of hydrogen-bond acceptors (Lipinski definition) is 4. The summed E-state index contributed by atoms with van der Waals surface area (Å²) >= 11 is 4.44. The number of carbonyl (C=O) groups is 1. The number of aryl methyl sites for hydroxylation is 1. The summed E-state index contributed by atoms with van der Waals surface area (Å²) in [5.41, 5.74) is 2.17. The highest BCUT2D eigenvalue weighted by molar-refractivity contribution is 9.10. The van der Waals surface area contributed by atoms with Gasteiger partial charge in [0.05, 0.1) is 10.6 Å². The lowest BCUT2D eigenvalue weighted by Crippen LogP contribution is -2.28. The number of anilines is 1. The first-order chi connectivity index (χ1) is 11.0. The Morgan fingerprint density at radius 2 is 2.00 bits per heavy atom. The molecule has 1 heterocycles. The Balaban J connectivity index is 2.00. The molecule has 0 spiro atoms. The van der Waals surface area contributed by atoms with E-state index in [1.54, 1.807) is 24.3 Å². The van der Waals surface area contributed by atoms with Crippen LogP contribution in [0.5, 0.6) is 5.75 Å². The molecular formula is C17H13BrN2O2S. The molecule has 0 saturated carbocycles. The number of nitrogens with zero attached hydrogens (tertiary/aromatic N) is 1. The topological polar surface area (TPSA) is 64.4 Å². The molecule has 0 radical (unpaired) electrons. The zero-order chi connectivity index (χ0) is 16.6. The number of thioether (sulfide) groups is 1. The molecule has 0 atom stereocenters. The quantitative estimate of drug-likeness (QED) is 0.743. The zero-order valence-corrected chi connectivity index (χ0v) is 14.6. The largest absolute Gasteiger partial charge is 0.507 e. The van der Waals surface area contributed by atoms with Gasteiger partial charge in [0, 0.05) is 10.0 Å². The molecule has 0 unspecified atom stereocenters. The highest BCUT2D eigenvalue weighted by atomic mass is 79.9. The minimum Gasteiger partial charge on any atom is -0.507 e. The van der Waals surface area contributed by atoms with Gasteiger partial charge in [-0.15, -0.1) is 0 Å². The van der Waals surface area contributed by atoms with Crippen molar-refractivity contribution in [2.24, 2.45) is 0 Å². The first kappa shape index (κ1) is 15.8. The molecule has 2 aromatic carbocycles. The van der Waals surface area contributed by atoms with Crippen molar-refractivity contribution in [2.75, 3.05) is 4.90 Å². The second-order valence-electron chi connectivity index (χ2n) is 5.05. The van der Waals surface area contributed by atoms with Gasteiger partial charge >= 0.3 is 0 Å². The average molecular weight is 389 g/mol. The maximum Gasteiger partial charge on any atom is 0.271 e. The second kappa shape index (κ2) is 6.22. The summed E-state index contributed by atoms with van der Waals surface area (Å²) in [7, 11) is 0. The standard InChI is InChI=1S/C17H13BrN2O2S/c1-10-4-2-3-5-13(10)20-16(22)15(23-17(20)19)9-11-8-12(18)6-7-14(11)21/h2-9,19,21H,1H3/b15-9-,19-17?. The van der Waals surface area contributed by atoms with Gasteiger partial charge in [-0.2, -0.15) is 0 Å². The van der Waals surface area contributed by atoms with E-state index in [1.165, 1.54) is 4.90 Å². The lowest BCUT2D eigenvalue weighted by atomic mass is 10.1. The summed E-state index contributed by atoms with van der Waals surface area (Å²) in [5, 5.41) is 18.2. The molecule has 0 bridgehead atoms. The predicted octanol–water partition coefficient (Wildman–Crippen LogP) is 4.52. The number of aromatic hydroxyl groups is 1. The van der Waals surface area contributed by atoms with Crippen LogP contribution in [-0.2, 0) is 4.79 Å². The van der Waals surface area contributed by atoms with E-state index in [9.17, 15) is 9.90 Å². The zero-order valence-electron chi connectivity index (χ0n) is 12.2. The van der Waals surface area contributed by atoms with Crippen LogP contribution in [0.4, 0.5) is 5.69 Å². The molecule has 0 aromatic heterocycles. The van der Waals surface area contributed by atoms with Crippen LogP contribution < -0.4 is 4.90 Å². The van der Waals surface area contributed by atoms with Crippen molar-refractivity contribution in [1.29, 1.82) is 5.41 Å². The third-order valence-corrected chi connectivity index (χ3v) is 4.84. The normalized spacial score (nSPS) is 16.4. The Bertz CT molecular complexity index is 848. The van der Waals surface area contributed by atoms with E-state index in [4.69, 9.17) is 5.41 Å². The van der Waals surface area contributed by atoms with E-state index >= 15 is 0 Å². The van der Waals surface area contributed by atoms with Crippen LogP contribution in [0, 0.1) is 12.3 Å². The lowest BCUT2D eigenvalue weighted by molar-refractivity contribution is -0.113. The molecule has 0 aliphatic carbocycles. The van der Waals surface area contributed by atoms with Gasteiger partial charge in [-0.1, -0.05) is 34.1 Å². The number of para-hydroxylation sites is 1. The Labute approximate surface area is 146 Å². The van der Waals surface area contributed by atoms with Crippen LogP contribution >= 0.6 is 27.7 Å².